The zero-order valence-corrected chi connectivity index (χ0v) is 25.1. The molecule has 0 saturated carbocycles. The van der Waals surface area contributed by atoms with E-state index in [0.29, 0.717) is 22.6 Å². The molecule has 3 heterocycles. The molecule has 0 radical (unpaired) electrons. The molecule has 3 fully saturated rings. The lowest BCUT2D eigenvalue weighted by Crippen LogP contribution is -2.48. The number of aliphatic hydroxyl groups excluding tert-OH is 1. The van der Waals surface area contributed by atoms with Crippen LogP contribution in [0.2, 0.25) is 0 Å². The Kier molecular flexibility index (Phi) is 10.6. The highest BCUT2D eigenvalue weighted by atomic mass is 19.4. The van der Waals surface area contributed by atoms with Crippen molar-refractivity contribution in [1.82, 2.24) is 9.80 Å². The molecule has 2 aromatic rings. The zero-order chi connectivity index (χ0) is 31.3. The number of carbonyl (C=O) groups excluding carboxylic acids is 2. The second-order valence-corrected chi connectivity index (χ2v) is 12.2. The molecule has 11 heteroatoms. The fourth-order valence-corrected chi connectivity index (χ4v) is 6.51. The number of alkyl halides is 3. The van der Waals surface area contributed by atoms with Crippen molar-refractivity contribution in [1.29, 1.82) is 0 Å². The van der Waals surface area contributed by atoms with E-state index in [9.17, 15) is 27.9 Å². The molecule has 3 aliphatic heterocycles. The van der Waals surface area contributed by atoms with E-state index in [4.69, 9.17) is 9.47 Å². The van der Waals surface area contributed by atoms with Gasteiger partial charge in [0, 0.05) is 30.3 Å². The van der Waals surface area contributed by atoms with Gasteiger partial charge in [0.2, 0.25) is 5.91 Å². The van der Waals surface area contributed by atoms with Crippen LogP contribution in [-0.2, 0) is 25.7 Å². The van der Waals surface area contributed by atoms with E-state index in [1.54, 1.807) is 18.2 Å². The first kappa shape index (κ1) is 32.4. The number of ether oxygens (including phenoxy) is 2. The Bertz CT molecular complexity index is 1270. The summed E-state index contributed by atoms with van der Waals surface area (Å²) in [5.74, 6) is -2.63. The summed E-state index contributed by atoms with van der Waals surface area (Å²) < 4.78 is 52.5. The molecule has 5 atom stereocenters. The molecule has 240 valence electrons. The molecule has 2 N–H and O–H groups in total. The highest BCUT2D eigenvalue weighted by Gasteiger charge is 2.47. The zero-order valence-electron chi connectivity index (χ0n) is 25.1. The van der Waals surface area contributed by atoms with Gasteiger partial charge in [0.15, 0.2) is 6.29 Å². The molecule has 3 saturated heterocycles. The summed E-state index contributed by atoms with van der Waals surface area (Å²) in [4.78, 5) is 28.0. The molecular formula is C33H42F3N3O5. The number of halogens is 3. The number of nitrogens with zero attached hydrogens (tertiary/aromatic N) is 2. The number of nitrogens with one attached hydrogen (secondary N) is 1. The van der Waals surface area contributed by atoms with Crippen molar-refractivity contribution in [2.45, 2.75) is 89.2 Å². The van der Waals surface area contributed by atoms with Crippen LogP contribution in [0.4, 0.5) is 18.9 Å². The van der Waals surface area contributed by atoms with E-state index >= 15 is 0 Å². The Labute approximate surface area is 256 Å². The van der Waals surface area contributed by atoms with Crippen LogP contribution in [0.15, 0.2) is 48.5 Å². The van der Waals surface area contributed by atoms with Gasteiger partial charge in [-0.25, -0.2) is 0 Å². The summed E-state index contributed by atoms with van der Waals surface area (Å²) in [6.07, 6.45) is 0.299. The van der Waals surface area contributed by atoms with Crippen LogP contribution in [0.1, 0.15) is 81.0 Å². The van der Waals surface area contributed by atoms with Gasteiger partial charge < -0.3 is 29.7 Å². The van der Waals surface area contributed by atoms with Crippen molar-refractivity contribution in [3.63, 3.8) is 0 Å². The van der Waals surface area contributed by atoms with Crippen LogP contribution in [0.3, 0.4) is 0 Å². The lowest BCUT2D eigenvalue weighted by Gasteiger charge is -2.43. The topological polar surface area (TPSA) is 91.3 Å². The Balaban J connectivity index is 1.35. The van der Waals surface area contributed by atoms with Gasteiger partial charge in [-0.15, -0.1) is 0 Å². The van der Waals surface area contributed by atoms with E-state index in [2.05, 4.69) is 17.1 Å². The molecule has 3 aliphatic rings. The molecule has 0 unspecified atom stereocenters. The van der Waals surface area contributed by atoms with Gasteiger partial charge >= 0.3 is 12.1 Å². The minimum absolute atomic E-state index is 0.0269. The van der Waals surface area contributed by atoms with Crippen molar-refractivity contribution in [3.05, 3.63) is 65.2 Å². The number of anilines is 1. The molecule has 0 spiro atoms. The highest BCUT2D eigenvalue weighted by Crippen LogP contribution is 2.42. The number of amides is 2. The number of hydrogen-bond acceptors (Lipinski definition) is 6. The summed E-state index contributed by atoms with van der Waals surface area (Å²) >= 11 is 0. The first-order valence-electron chi connectivity index (χ1n) is 15.7. The van der Waals surface area contributed by atoms with Crippen molar-refractivity contribution in [3.8, 4) is 0 Å². The lowest BCUT2D eigenvalue weighted by molar-refractivity contribution is -0.276. The first-order valence-corrected chi connectivity index (χ1v) is 15.7. The lowest BCUT2D eigenvalue weighted by atomic mass is 9.89. The second kappa shape index (κ2) is 14.4. The maximum absolute atomic E-state index is 13.1. The summed E-state index contributed by atoms with van der Waals surface area (Å²) in [6.45, 7) is 4.76. The fraction of sp³-hybridized carbons (Fsp3) is 0.576. The molecule has 5 rings (SSSR count). The van der Waals surface area contributed by atoms with E-state index in [-0.39, 0.29) is 37.7 Å². The summed E-state index contributed by atoms with van der Waals surface area (Å²) in [5, 5.41) is 12.2. The smallest absolute Gasteiger partial charge is 0.392 e. The highest BCUT2D eigenvalue weighted by molar-refractivity contribution is 5.98. The van der Waals surface area contributed by atoms with Crippen LogP contribution in [0.5, 0.6) is 0 Å². The van der Waals surface area contributed by atoms with Crippen molar-refractivity contribution in [2.24, 2.45) is 5.92 Å². The molecule has 2 aromatic carbocycles. The molecule has 0 aromatic heterocycles. The Morgan fingerprint density at radius 2 is 1.64 bits per heavy atom. The average Bonchev–Trinajstić information content (AvgIpc) is 3.49. The van der Waals surface area contributed by atoms with Crippen molar-refractivity contribution < 1.29 is 37.3 Å². The SMILES string of the molecule is C[C@H]1[C@@H](CN2CCCCCCC2)O[C@@H](c2cccc(NC(=O)[C@@H]3CCCN3C(=O)C(F)(F)F)c2)O[C@H]1c1ccc(CO)cc1. The van der Waals surface area contributed by atoms with Crippen molar-refractivity contribution >= 4 is 17.5 Å². The van der Waals surface area contributed by atoms with Gasteiger partial charge in [-0.05, 0) is 62.0 Å². The monoisotopic (exact) mass is 617 g/mol. The fourth-order valence-electron chi connectivity index (χ4n) is 6.51. The number of hydrogen-bond donors (Lipinski definition) is 2. The summed E-state index contributed by atoms with van der Waals surface area (Å²) in [5.41, 5.74) is 2.83. The van der Waals surface area contributed by atoms with E-state index in [1.165, 1.54) is 19.3 Å². The first-order chi connectivity index (χ1) is 21.1. The average molecular weight is 618 g/mol. The Hall–Kier alpha value is -2.99. The third-order valence-electron chi connectivity index (χ3n) is 9.00. The number of benzene rings is 2. The van der Waals surface area contributed by atoms with E-state index < -0.39 is 30.3 Å². The van der Waals surface area contributed by atoms with Crippen LogP contribution < -0.4 is 5.32 Å². The largest absolute Gasteiger partial charge is 0.471 e. The van der Waals surface area contributed by atoms with Gasteiger partial charge in [0.25, 0.3) is 0 Å². The van der Waals surface area contributed by atoms with Gasteiger partial charge in [-0.3, -0.25) is 9.59 Å². The number of rotatable bonds is 7. The maximum Gasteiger partial charge on any atom is 0.471 e. The Morgan fingerprint density at radius 3 is 2.32 bits per heavy atom. The van der Waals surface area contributed by atoms with Crippen molar-refractivity contribution in [2.75, 3.05) is 31.5 Å². The summed E-state index contributed by atoms with van der Waals surface area (Å²) in [7, 11) is 0. The van der Waals surface area contributed by atoms with Gasteiger partial charge in [-0.1, -0.05) is 62.6 Å². The van der Waals surface area contributed by atoms with Gasteiger partial charge in [0.1, 0.15) is 6.04 Å². The predicted molar refractivity (Wildman–Crippen MR) is 158 cm³/mol. The number of likely N-dealkylation sites (tertiary alicyclic amines) is 2. The van der Waals surface area contributed by atoms with E-state index in [0.717, 1.165) is 43.6 Å². The molecule has 8 nitrogen and oxygen atoms in total. The molecule has 2 amide bonds. The molecular weight excluding hydrogens is 575 g/mol. The van der Waals surface area contributed by atoms with Gasteiger partial charge in [0.05, 0.1) is 18.8 Å². The predicted octanol–water partition coefficient (Wildman–Crippen LogP) is 5.73. The Morgan fingerprint density at radius 1 is 0.932 bits per heavy atom. The quantitative estimate of drug-likeness (QED) is 0.413. The third kappa shape index (κ3) is 7.80. The molecule has 0 bridgehead atoms. The van der Waals surface area contributed by atoms with E-state index in [1.807, 2.05) is 30.3 Å². The maximum atomic E-state index is 13.1. The number of carbonyl (C=O) groups is 2. The van der Waals surface area contributed by atoms with Crippen LogP contribution in [-0.4, -0.2) is 71.2 Å². The molecule has 0 aliphatic carbocycles. The number of aliphatic hydroxyl groups is 1. The van der Waals surface area contributed by atoms with Gasteiger partial charge in [-0.2, -0.15) is 13.2 Å². The molecule has 44 heavy (non-hydrogen) atoms. The third-order valence-corrected chi connectivity index (χ3v) is 9.00. The normalized spacial score (nSPS) is 27.0. The minimum Gasteiger partial charge on any atom is -0.392 e. The van der Waals surface area contributed by atoms with Crippen LogP contribution in [0, 0.1) is 5.92 Å². The second-order valence-electron chi connectivity index (χ2n) is 12.2. The van der Waals surface area contributed by atoms with Crippen LogP contribution in [0.25, 0.3) is 0 Å². The summed E-state index contributed by atoms with van der Waals surface area (Å²) in [6, 6.07) is 13.5. The minimum atomic E-state index is -5.03. The van der Waals surface area contributed by atoms with Crippen LogP contribution >= 0.6 is 0 Å². The standard InChI is InChI=1S/C33H42F3N3O5/c1-22-28(20-38-16-5-3-2-4-6-17-38)43-31(44-29(22)24-14-12-23(21-40)13-15-24)25-9-7-10-26(19-25)37-30(41)27-11-8-18-39(27)32(42)33(34,35)36/h7,9-10,12-15,19,22,27-29,31,40H,2-6,8,11,16-18,20-21H2,1H3,(H,37,41)/t22-,27-,28+,29+,31+/m0/s1.